The number of carbonyl (C=O) groups excluding carboxylic acids is 2. The molecule has 9 heteroatoms. The number of hydrogen-bond acceptors (Lipinski definition) is 6. The van der Waals surface area contributed by atoms with E-state index in [-0.39, 0.29) is 23.6 Å². The van der Waals surface area contributed by atoms with Crippen molar-refractivity contribution in [1.29, 1.82) is 10.5 Å². The minimum absolute atomic E-state index is 0.00822. The van der Waals surface area contributed by atoms with E-state index in [0.29, 0.717) is 44.6 Å². The smallest absolute Gasteiger partial charge is 0.275 e. The molecule has 0 aliphatic heterocycles. The third-order valence-corrected chi connectivity index (χ3v) is 7.57. The molecule has 1 heterocycles. The van der Waals surface area contributed by atoms with Gasteiger partial charge in [-0.1, -0.05) is 24.3 Å². The Morgan fingerprint density at radius 1 is 0.804 bits per heavy atom. The molecule has 1 aromatic heterocycles. The van der Waals surface area contributed by atoms with Crippen LogP contribution >= 0.6 is 0 Å². The number of nitrogens with one attached hydrogen (secondary N) is 2. The molecule has 46 heavy (non-hydrogen) atoms. The molecule has 1 amide bonds. The van der Waals surface area contributed by atoms with Crippen molar-refractivity contribution in [1.82, 2.24) is 9.88 Å². The number of carbonyl (C=O) groups is 2. The van der Waals surface area contributed by atoms with E-state index in [1.807, 2.05) is 12.1 Å². The number of ketones is 1. The fourth-order valence-corrected chi connectivity index (χ4v) is 5.00. The van der Waals surface area contributed by atoms with Crippen LogP contribution in [0, 0.1) is 28.5 Å². The van der Waals surface area contributed by atoms with E-state index in [9.17, 15) is 29.3 Å². The lowest BCUT2D eigenvalue weighted by molar-refractivity contribution is -0.117. The fourth-order valence-electron chi connectivity index (χ4n) is 5.00. The van der Waals surface area contributed by atoms with Crippen LogP contribution in [0.5, 0.6) is 0 Å². The molecular formula is C37H28FN5O3. The Kier molecular flexibility index (Phi) is 9.28. The van der Waals surface area contributed by atoms with Gasteiger partial charge in [0.1, 0.15) is 11.5 Å². The van der Waals surface area contributed by atoms with Gasteiger partial charge in [0.05, 0.1) is 41.5 Å². The maximum Gasteiger partial charge on any atom is 0.275 e. The molecule has 0 bridgehead atoms. The number of anilines is 1. The van der Waals surface area contributed by atoms with E-state index in [1.54, 1.807) is 74.6 Å². The third-order valence-electron chi connectivity index (χ3n) is 7.57. The zero-order valence-electron chi connectivity index (χ0n) is 25.0. The van der Waals surface area contributed by atoms with Crippen LogP contribution in [0.1, 0.15) is 39.5 Å². The first kappa shape index (κ1) is 31.3. The number of halogens is 1. The van der Waals surface area contributed by atoms with Crippen LogP contribution in [0.3, 0.4) is 0 Å². The highest BCUT2D eigenvalue weighted by Gasteiger charge is 2.18. The minimum Gasteiger partial charge on any atom is -0.320 e. The SMILES string of the molecule is CN[C@@H](C)C(=O)Nc1ccc(-c2cccc(C#N)c2)n(Cc2cc(C(=O)c3ccc(F)cc3)cc(-c3cccc(C#N)c3)c2)c1=O. The Bertz CT molecular complexity index is 2110. The van der Waals surface area contributed by atoms with Gasteiger partial charge in [0.15, 0.2) is 5.78 Å². The normalized spacial score (nSPS) is 11.2. The molecule has 4 aromatic carbocycles. The van der Waals surface area contributed by atoms with Crippen LogP contribution in [-0.2, 0) is 11.3 Å². The Labute approximate surface area is 265 Å². The van der Waals surface area contributed by atoms with Gasteiger partial charge >= 0.3 is 0 Å². The molecule has 8 nitrogen and oxygen atoms in total. The summed E-state index contributed by atoms with van der Waals surface area (Å²) in [5.74, 6) is -1.21. The lowest BCUT2D eigenvalue weighted by Crippen LogP contribution is -2.37. The number of nitriles is 2. The van der Waals surface area contributed by atoms with Gasteiger partial charge in [0, 0.05) is 11.1 Å². The number of benzene rings is 4. The van der Waals surface area contributed by atoms with Gasteiger partial charge in [-0.3, -0.25) is 14.4 Å². The summed E-state index contributed by atoms with van der Waals surface area (Å²) in [6, 6.07) is 31.1. The lowest BCUT2D eigenvalue weighted by Gasteiger charge is -2.18. The van der Waals surface area contributed by atoms with Crippen LogP contribution in [-0.4, -0.2) is 29.3 Å². The Balaban J connectivity index is 1.69. The highest BCUT2D eigenvalue weighted by Crippen LogP contribution is 2.27. The monoisotopic (exact) mass is 609 g/mol. The van der Waals surface area contributed by atoms with Crippen molar-refractivity contribution in [2.45, 2.75) is 19.5 Å². The van der Waals surface area contributed by atoms with Crippen molar-refractivity contribution in [2.24, 2.45) is 0 Å². The standard InChI is InChI=1S/C37H28FN5O3/c1-23(41-2)36(45)42-33-13-14-34(29-8-4-6-25(16-29)21-40)43(37(33)46)22-26-17-30(28-7-3-5-24(15-28)20-39)19-31(18-26)35(44)27-9-11-32(38)12-10-27/h3-19,23,41H,22H2,1-2H3,(H,42,45)/t23-/m0/s1. The van der Waals surface area contributed by atoms with E-state index in [1.165, 1.54) is 34.9 Å². The number of hydrogen-bond donors (Lipinski definition) is 2. The number of amides is 1. The summed E-state index contributed by atoms with van der Waals surface area (Å²) >= 11 is 0. The first-order valence-corrected chi connectivity index (χ1v) is 14.4. The quantitative estimate of drug-likeness (QED) is 0.201. The molecule has 0 aliphatic rings. The molecular weight excluding hydrogens is 581 g/mol. The fraction of sp³-hybridized carbons (Fsp3) is 0.108. The van der Waals surface area contributed by atoms with Gasteiger partial charge in [0.25, 0.3) is 5.56 Å². The molecule has 0 saturated carbocycles. The molecule has 5 rings (SSSR count). The molecule has 0 saturated heterocycles. The van der Waals surface area contributed by atoms with E-state index in [4.69, 9.17) is 0 Å². The molecule has 2 N–H and O–H groups in total. The highest BCUT2D eigenvalue weighted by atomic mass is 19.1. The van der Waals surface area contributed by atoms with Gasteiger partial charge < -0.3 is 15.2 Å². The van der Waals surface area contributed by atoms with Crippen LogP contribution in [0.2, 0.25) is 0 Å². The second-order valence-electron chi connectivity index (χ2n) is 10.7. The van der Waals surface area contributed by atoms with E-state index >= 15 is 0 Å². The van der Waals surface area contributed by atoms with Crippen molar-refractivity contribution in [3.05, 3.63) is 147 Å². The molecule has 5 aromatic rings. The topological polar surface area (TPSA) is 128 Å². The predicted molar refractivity (Wildman–Crippen MR) is 174 cm³/mol. The van der Waals surface area contributed by atoms with Crippen molar-refractivity contribution >= 4 is 17.4 Å². The molecule has 0 radical (unpaired) electrons. The van der Waals surface area contributed by atoms with Crippen molar-refractivity contribution in [2.75, 3.05) is 12.4 Å². The molecule has 0 fully saturated rings. The largest absolute Gasteiger partial charge is 0.320 e. The average Bonchev–Trinajstić information content (AvgIpc) is 3.09. The minimum atomic E-state index is -0.555. The third kappa shape index (κ3) is 6.81. The summed E-state index contributed by atoms with van der Waals surface area (Å²) < 4.78 is 15.1. The first-order chi connectivity index (χ1) is 22.2. The molecule has 0 unspecified atom stereocenters. The number of aromatic nitrogens is 1. The average molecular weight is 610 g/mol. The van der Waals surface area contributed by atoms with E-state index in [0.717, 1.165) is 0 Å². The van der Waals surface area contributed by atoms with Crippen LogP contribution in [0.25, 0.3) is 22.4 Å². The second-order valence-corrected chi connectivity index (χ2v) is 10.7. The summed E-state index contributed by atoms with van der Waals surface area (Å²) in [5.41, 5.74) is 4.00. The first-order valence-electron chi connectivity index (χ1n) is 14.4. The van der Waals surface area contributed by atoms with Crippen molar-refractivity contribution in [3.8, 4) is 34.5 Å². The number of likely N-dealkylation sites (N-methyl/N-ethyl adjacent to an activating group) is 1. The number of pyridine rings is 1. The molecule has 1 atom stereocenters. The summed E-state index contributed by atoms with van der Waals surface area (Å²) in [5, 5.41) is 24.5. The van der Waals surface area contributed by atoms with Gasteiger partial charge in [-0.25, -0.2) is 4.39 Å². The Morgan fingerprint density at radius 2 is 1.46 bits per heavy atom. The van der Waals surface area contributed by atoms with Gasteiger partial charge in [-0.05, 0) is 115 Å². The Hall–Kier alpha value is -6.16. The second kappa shape index (κ2) is 13.6. The van der Waals surface area contributed by atoms with Gasteiger partial charge in [-0.2, -0.15) is 10.5 Å². The number of nitrogens with zero attached hydrogens (tertiary/aromatic N) is 3. The van der Waals surface area contributed by atoms with E-state index < -0.39 is 23.3 Å². The van der Waals surface area contributed by atoms with Crippen molar-refractivity contribution in [3.63, 3.8) is 0 Å². The van der Waals surface area contributed by atoms with Crippen LogP contribution in [0.4, 0.5) is 10.1 Å². The predicted octanol–water partition coefficient (Wildman–Crippen LogP) is 5.89. The number of rotatable bonds is 9. The summed E-state index contributed by atoms with van der Waals surface area (Å²) in [6.45, 7) is 1.66. The maximum absolute atomic E-state index is 14.0. The summed E-state index contributed by atoms with van der Waals surface area (Å²) in [6.07, 6.45) is 0. The maximum atomic E-state index is 14.0. The zero-order chi connectivity index (χ0) is 32.8. The molecule has 0 aliphatic carbocycles. The van der Waals surface area contributed by atoms with Gasteiger partial charge in [-0.15, -0.1) is 0 Å². The summed E-state index contributed by atoms with van der Waals surface area (Å²) in [7, 11) is 1.64. The lowest BCUT2D eigenvalue weighted by atomic mass is 9.94. The molecule has 0 spiro atoms. The molecule has 226 valence electrons. The van der Waals surface area contributed by atoms with Crippen molar-refractivity contribution < 1.29 is 14.0 Å². The Morgan fingerprint density at radius 3 is 2.11 bits per heavy atom. The van der Waals surface area contributed by atoms with Gasteiger partial charge in [0.2, 0.25) is 5.91 Å². The summed E-state index contributed by atoms with van der Waals surface area (Å²) in [4.78, 5) is 40.3. The van der Waals surface area contributed by atoms with E-state index in [2.05, 4.69) is 22.8 Å². The highest BCUT2D eigenvalue weighted by molar-refractivity contribution is 6.09. The van der Waals surface area contributed by atoms with Crippen LogP contribution < -0.4 is 16.2 Å². The zero-order valence-corrected chi connectivity index (χ0v) is 25.0. The van der Waals surface area contributed by atoms with Crippen LogP contribution in [0.15, 0.2) is 108 Å².